The van der Waals surface area contributed by atoms with Gasteiger partial charge in [-0.2, -0.15) is 0 Å². The maximum atomic E-state index is 8.85. The van der Waals surface area contributed by atoms with Gasteiger partial charge in [-0.1, -0.05) is 9.39 Å². The zero-order valence-electron chi connectivity index (χ0n) is 7.27. The van der Waals surface area contributed by atoms with E-state index < -0.39 is 0 Å². The normalized spacial score (nSPS) is 17.1. The molecular formula is C8H12N3OP. The van der Waals surface area contributed by atoms with E-state index in [9.17, 15) is 0 Å². The van der Waals surface area contributed by atoms with Crippen LogP contribution in [0.25, 0.3) is 0 Å². The van der Waals surface area contributed by atoms with E-state index in [4.69, 9.17) is 5.11 Å². The molecule has 70 valence electrons. The zero-order valence-corrected chi connectivity index (χ0v) is 8.43. The Morgan fingerprint density at radius 1 is 1.62 bits per heavy atom. The van der Waals surface area contributed by atoms with Gasteiger partial charge < -0.3 is 5.11 Å². The van der Waals surface area contributed by atoms with E-state index in [-0.39, 0.29) is 6.61 Å². The molecular weight excluding hydrogens is 185 g/mol. The summed E-state index contributed by atoms with van der Waals surface area (Å²) in [5.41, 5.74) is 2.25. The first kappa shape index (κ1) is 9.00. The second kappa shape index (κ2) is 3.66. The molecule has 0 aromatic carbocycles. The Morgan fingerprint density at radius 2 is 2.46 bits per heavy atom. The van der Waals surface area contributed by atoms with Crippen LogP contribution in [0.5, 0.6) is 0 Å². The van der Waals surface area contributed by atoms with E-state index in [1.807, 2.05) is 6.20 Å². The van der Waals surface area contributed by atoms with Crippen LogP contribution in [0.15, 0.2) is 6.20 Å². The van der Waals surface area contributed by atoms with Gasteiger partial charge in [0.05, 0.1) is 0 Å². The molecule has 0 aliphatic carbocycles. The number of rotatable bonds is 1. The fourth-order valence-corrected chi connectivity index (χ4v) is 1.78. The van der Waals surface area contributed by atoms with Crippen molar-refractivity contribution in [3.8, 4) is 0 Å². The van der Waals surface area contributed by atoms with Crippen molar-refractivity contribution in [3.63, 3.8) is 0 Å². The number of nitrogens with zero attached hydrogens (tertiary/aromatic N) is 3. The van der Waals surface area contributed by atoms with Crippen LogP contribution in [-0.4, -0.2) is 26.3 Å². The van der Waals surface area contributed by atoms with E-state index in [2.05, 4.69) is 24.0 Å². The minimum Gasteiger partial charge on any atom is -0.388 e. The number of hydrogen-bond acceptors (Lipinski definition) is 4. The average Bonchev–Trinajstić information content (AvgIpc) is 2.17. The lowest BCUT2D eigenvalue weighted by molar-refractivity contribution is 0.270. The molecule has 1 aromatic rings. The molecule has 2 heterocycles. The summed E-state index contributed by atoms with van der Waals surface area (Å²) >= 11 is 0. The lowest BCUT2D eigenvalue weighted by atomic mass is 10.1. The molecule has 1 atom stereocenters. The minimum absolute atomic E-state index is 0.0716. The van der Waals surface area contributed by atoms with Gasteiger partial charge in [0, 0.05) is 37.0 Å². The SMILES string of the molecule is OCc1ncc2c(n1)CCN(P)C2. The molecule has 1 aliphatic heterocycles. The van der Waals surface area contributed by atoms with E-state index >= 15 is 0 Å². The third-order valence-corrected chi connectivity index (χ3v) is 2.60. The zero-order chi connectivity index (χ0) is 9.26. The summed E-state index contributed by atoms with van der Waals surface area (Å²) in [4.78, 5) is 8.32. The molecule has 0 amide bonds. The van der Waals surface area contributed by atoms with Crippen molar-refractivity contribution in [1.82, 2.24) is 14.6 Å². The van der Waals surface area contributed by atoms with Crippen LogP contribution >= 0.6 is 9.39 Å². The monoisotopic (exact) mass is 197 g/mol. The quantitative estimate of drug-likeness (QED) is 0.649. The molecule has 0 radical (unpaired) electrons. The number of hydrogen-bond donors (Lipinski definition) is 1. The predicted molar refractivity (Wildman–Crippen MR) is 51.8 cm³/mol. The van der Waals surface area contributed by atoms with Crippen LogP contribution in [0, 0.1) is 0 Å². The Bertz CT molecular complexity index is 318. The Labute approximate surface area is 79.3 Å². The Morgan fingerprint density at radius 3 is 3.23 bits per heavy atom. The van der Waals surface area contributed by atoms with Crippen molar-refractivity contribution in [3.05, 3.63) is 23.3 Å². The lowest BCUT2D eigenvalue weighted by Crippen LogP contribution is -2.23. The third-order valence-electron chi connectivity index (χ3n) is 2.15. The van der Waals surface area contributed by atoms with Gasteiger partial charge in [-0.3, -0.25) is 4.67 Å². The van der Waals surface area contributed by atoms with Crippen molar-refractivity contribution >= 4 is 9.39 Å². The molecule has 1 aliphatic rings. The van der Waals surface area contributed by atoms with Crippen LogP contribution in [0.2, 0.25) is 0 Å². The summed E-state index contributed by atoms with van der Waals surface area (Å²) in [6.07, 6.45) is 2.75. The van der Waals surface area contributed by atoms with Crippen molar-refractivity contribution in [2.75, 3.05) is 6.54 Å². The lowest BCUT2D eigenvalue weighted by Gasteiger charge is -2.23. The molecule has 0 saturated heterocycles. The summed E-state index contributed by atoms with van der Waals surface area (Å²) in [7, 11) is 2.68. The Kier molecular flexibility index (Phi) is 2.54. The van der Waals surface area contributed by atoms with Gasteiger partial charge in [0.2, 0.25) is 0 Å². The van der Waals surface area contributed by atoms with Crippen LogP contribution in [0.3, 0.4) is 0 Å². The number of aromatic nitrogens is 2. The molecule has 1 unspecified atom stereocenters. The first-order valence-electron chi connectivity index (χ1n) is 4.24. The first-order chi connectivity index (χ1) is 6.29. The Hall–Kier alpha value is -0.570. The summed E-state index contributed by atoms with van der Waals surface area (Å²) in [6.45, 7) is 1.81. The van der Waals surface area contributed by atoms with E-state index in [0.29, 0.717) is 5.82 Å². The fraction of sp³-hybridized carbons (Fsp3) is 0.500. The Balaban J connectivity index is 2.31. The fourth-order valence-electron chi connectivity index (χ4n) is 1.46. The average molecular weight is 197 g/mol. The molecule has 1 aromatic heterocycles. The van der Waals surface area contributed by atoms with Crippen molar-refractivity contribution < 1.29 is 5.11 Å². The number of aliphatic hydroxyl groups is 1. The highest BCUT2D eigenvalue weighted by Gasteiger charge is 2.14. The number of fused-ring (bicyclic) bond motifs is 1. The van der Waals surface area contributed by atoms with Crippen LogP contribution in [0.1, 0.15) is 17.1 Å². The van der Waals surface area contributed by atoms with Gasteiger partial charge in [-0.25, -0.2) is 9.97 Å². The van der Waals surface area contributed by atoms with E-state index in [0.717, 1.165) is 25.2 Å². The molecule has 13 heavy (non-hydrogen) atoms. The molecule has 0 bridgehead atoms. The molecule has 0 spiro atoms. The highest BCUT2D eigenvalue weighted by Crippen LogP contribution is 2.18. The molecule has 0 saturated carbocycles. The van der Waals surface area contributed by atoms with Gasteiger partial charge in [0.15, 0.2) is 5.82 Å². The van der Waals surface area contributed by atoms with Gasteiger partial charge >= 0.3 is 0 Å². The third kappa shape index (κ3) is 1.85. The second-order valence-corrected chi connectivity index (χ2v) is 3.87. The second-order valence-electron chi connectivity index (χ2n) is 3.14. The van der Waals surface area contributed by atoms with E-state index in [1.165, 1.54) is 5.56 Å². The summed E-state index contributed by atoms with van der Waals surface area (Å²) < 4.78 is 2.16. The number of aliphatic hydroxyl groups excluding tert-OH is 1. The predicted octanol–water partition coefficient (Wildman–Crippen LogP) is 0.117. The molecule has 1 N–H and O–H groups in total. The van der Waals surface area contributed by atoms with Crippen molar-refractivity contribution in [2.45, 2.75) is 19.6 Å². The van der Waals surface area contributed by atoms with Gasteiger partial charge in [0.25, 0.3) is 0 Å². The van der Waals surface area contributed by atoms with E-state index in [1.54, 1.807) is 0 Å². The van der Waals surface area contributed by atoms with Gasteiger partial charge in [-0.05, 0) is 0 Å². The van der Waals surface area contributed by atoms with Gasteiger partial charge in [-0.15, -0.1) is 0 Å². The standard InChI is InChI=1S/C8H12N3OP/c12-5-8-9-3-6-4-11(13)2-1-7(6)10-8/h3,12H,1-2,4-5,13H2. The smallest absolute Gasteiger partial charge is 0.153 e. The highest BCUT2D eigenvalue weighted by molar-refractivity contribution is 7.13. The van der Waals surface area contributed by atoms with Crippen LogP contribution < -0.4 is 0 Å². The summed E-state index contributed by atoms with van der Waals surface area (Å²) in [5.74, 6) is 0.524. The maximum Gasteiger partial charge on any atom is 0.153 e. The van der Waals surface area contributed by atoms with Crippen molar-refractivity contribution in [2.24, 2.45) is 0 Å². The largest absolute Gasteiger partial charge is 0.388 e. The van der Waals surface area contributed by atoms with Crippen molar-refractivity contribution in [1.29, 1.82) is 0 Å². The van der Waals surface area contributed by atoms with Crippen LogP contribution in [0.4, 0.5) is 0 Å². The molecule has 2 rings (SSSR count). The molecule has 5 heteroatoms. The summed E-state index contributed by atoms with van der Waals surface area (Å²) in [6, 6.07) is 0. The van der Waals surface area contributed by atoms with Gasteiger partial charge in [0.1, 0.15) is 6.61 Å². The molecule has 4 nitrogen and oxygen atoms in total. The van der Waals surface area contributed by atoms with Crippen LogP contribution in [-0.2, 0) is 19.6 Å². The minimum atomic E-state index is -0.0716. The maximum absolute atomic E-state index is 8.85. The highest BCUT2D eigenvalue weighted by atomic mass is 31.0. The first-order valence-corrected chi connectivity index (χ1v) is 4.75. The molecule has 0 fully saturated rings. The summed E-state index contributed by atoms with van der Waals surface area (Å²) in [5, 5.41) is 8.85. The topological polar surface area (TPSA) is 49.3 Å².